The number of rotatable bonds is 5. The van der Waals surface area contributed by atoms with Crippen molar-refractivity contribution < 1.29 is 19.1 Å². The lowest BCUT2D eigenvalue weighted by atomic mass is 9.84. The summed E-state index contributed by atoms with van der Waals surface area (Å²) < 4.78 is 6.21. The monoisotopic (exact) mass is 396 g/mol. The highest BCUT2D eigenvalue weighted by molar-refractivity contribution is 6.00. The summed E-state index contributed by atoms with van der Waals surface area (Å²) in [6.07, 6.45) is 5.71. The average Bonchev–Trinajstić information content (AvgIpc) is 3.18. The molecule has 2 amide bonds. The average molecular weight is 396 g/mol. The summed E-state index contributed by atoms with van der Waals surface area (Å²) in [4.78, 5) is 39.0. The second kappa shape index (κ2) is 8.06. The van der Waals surface area contributed by atoms with Crippen LogP contribution in [0.15, 0.2) is 36.7 Å². The van der Waals surface area contributed by atoms with Gasteiger partial charge in [0.2, 0.25) is 11.8 Å². The van der Waals surface area contributed by atoms with Gasteiger partial charge in [-0.15, -0.1) is 0 Å². The van der Waals surface area contributed by atoms with Crippen molar-refractivity contribution in [3.8, 4) is 5.75 Å². The molecule has 29 heavy (non-hydrogen) atoms. The number of benzene rings is 1. The van der Waals surface area contributed by atoms with Crippen molar-refractivity contribution in [3.05, 3.63) is 47.8 Å². The molecule has 2 aromatic rings. The first kappa shape index (κ1) is 19.2. The van der Waals surface area contributed by atoms with Gasteiger partial charge in [-0.3, -0.25) is 19.5 Å². The third-order valence-electron chi connectivity index (χ3n) is 5.61. The topological polar surface area (TPSA) is 104 Å². The fourth-order valence-electron chi connectivity index (χ4n) is 3.96. The number of para-hydroxylation sites is 1. The van der Waals surface area contributed by atoms with E-state index in [1.54, 1.807) is 29.4 Å². The van der Waals surface area contributed by atoms with E-state index in [0.29, 0.717) is 43.7 Å². The predicted octanol–water partition coefficient (Wildman–Crippen LogP) is 1.49. The molecule has 2 aliphatic rings. The molecule has 0 aliphatic carbocycles. The first-order valence-electron chi connectivity index (χ1n) is 9.88. The first-order valence-corrected chi connectivity index (χ1v) is 9.88. The van der Waals surface area contributed by atoms with E-state index in [-0.39, 0.29) is 37.0 Å². The van der Waals surface area contributed by atoms with Crippen LogP contribution < -0.4 is 10.1 Å². The molecule has 0 bridgehead atoms. The largest absolute Gasteiger partial charge is 0.486 e. The number of aromatic nitrogens is 2. The van der Waals surface area contributed by atoms with E-state index in [1.165, 1.54) is 0 Å². The van der Waals surface area contributed by atoms with Crippen molar-refractivity contribution >= 4 is 17.6 Å². The summed E-state index contributed by atoms with van der Waals surface area (Å²) in [6, 6.07) is 7.23. The number of nitrogens with one attached hydrogen (secondary N) is 2. The Morgan fingerprint density at radius 1 is 1.28 bits per heavy atom. The summed E-state index contributed by atoms with van der Waals surface area (Å²) in [6.45, 7) is 0.896. The number of aromatic amines is 1. The maximum Gasteiger partial charge on any atom is 0.239 e. The number of amides is 2. The smallest absolute Gasteiger partial charge is 0.239 e. The minimum Gasteiger partial charge on any atom is -0.486 e. The SMILES string of the molecule is O=C(CN1CCC2(CCC1=O)CC(=O)c1ccccc1O2)NCCc1cn[nH]c1. The fourth-order valence-corrected chi connectivity index (χ4v) is 3.96. The summed E-state index contributed by atoms with van der Waals surface area (Å²) in [5.74, 6) is 0.358. The van der Waals surface area contributed by atoms with Gasteiger partial charge in [-0.1, -0.05) is 12.1 Å². The quantitative estimate of drug-likeness (QED) is 0.797. The molecular formula is C21H24N4O4. The second-order valence-corrected chi connectivity index (χ2v) is 7.65. The molecule has 8 nitrogen and oxygen atoms in total. The highest BCUT2D eigenvalue weighted by Gasteiger charge is 2.43. The molecule has 8 heteroatoms. The van der Waals surface area contributed by atoms with Crippen LogP contribution in [-0.2, 0) is 16.0 Å². The molecule has 1 unspecified atom stereocenters. The van der Waals surface area contributed by atoms with Crippen LogP contribution >= 0.6 is 0 Å². The lowest BCUT2D eigenvalue weighted by Gasteiger charge is -2.37. The Hall–Kier alpha value is -3.16. The van der Waals surface area contributed by atoms with Crippen molar-refractivity contribution in [3.63, 3.8) is 0 Å². The first-order chi connectivity index (χ1) is 14.0. The maximum absolute atomic E-state index is 12.6. The molecule has 3 heterocycles. The second-order valence-electron chi connectivity index (χ2n) is 7.65. The van der Waals surface area contributed by atoms with Gasteiger partial charge in [-0.05, 0) is 30.5 Å². The van der Waals surface area contributed by atoms with E-state index < -0.39 is 5.60 Å². The van der Waals surface area contributed by atoms with Gasteiger partial charge in [-0.2, -0.15) is 5.10 Å². The molecule has 4 rings (SSSR count). The number of Topliss-reactive ketones (excluding diaryl/α,β-unsaturated/α-hetero) is 1. The highest BCUT2D eigenvalue weighted by Crippen LogP contribution is 2.39. The molecule has 1 fully saturated rings. The highest BCUT2D eigenvalue weighted by atomic mass is 16.5. The number of ether oxygens (including phenoxy) is 1. The van der Waals surface area contributed by atoms with Gasteiger partial charge in [0, 0.05) is 32.1 Å². The number of fused-ring (bicyclic) bond motifs is 1. The van der Waals surface area contributed by atoms with Crippen LogP contribution in [0.5, 0.6) is 5.75 Å². The molecule has 152 valence electrons. The Balaban J connectivity index is 1.34. The lowest BCUT2D eigenvalue weighted by molar-refractivity contribution is -0.135. The van der Waals surface area contributed by atoms with Crippen LogP contribution in [-0.4, -0.2) is 57.9 Å². The van der Waals surface area contributed by atoms with E-state index in [2.05, 4.69) is 15.5 Å². The maximum atomic E-state index is 12.6. The number of nitrogens with zero attached hydrogens (tertiary/aromatic N) is 2. The zero-order chi connectivity index (χ0) is 20.3. The Labute approximate surface area is 168 Å². The molecule has 1 aromatic carbocycles. The summed E-state index contributed by atoms with van der Waals surface area (Å²) in [5.41, 5.74) is 0.938. The number of carbonyl (C=O) groups excluding carboxylic acids is 3. The predicted molar refractivity (Wildman–Crippen MR) is 104 cm³/mol. The molecule has 0 radical (unpaired) electrons. The molecule has 1 atom stereocenters. The van der Waals surface area contributed by atoms with Gasteiger partial charge >= 0.3 is 0 Å². The third kappa shape index (κ3) is 4.31. The summed E-state index contributed by atoms with van der Waals surface area (Å²) in [5, 5.41) is 9.44. The van der Waals surface area contributed by atoms with Crippen LogP contribution in [0.25, 0.3) is 0 Å². The number of H-pyrrole nitrogens is 1. The number of hydrogen-bond donors (Lipinski definition) is 2. The van der Waals surface area contributed by atoms with Crippen molar-refractivity contribution in [2.24, 2.45) is 0 Å². The van der Waals surface area contributed by atoms with Crippen LogP contribution in [0.1, 0.15) is 41.6 Å². The zero-order valence-corrected chi connectivity index (χ0v) is 16.1. The third-order valence-corrected chi connectivity index (χ3v) is 5.61. The Morgan fingerprint density at radius 3 is 2.97 bits per heavy atom. The van der Waals surface area contributed by atoms with E-state index in [1.807, 2.05) is 12.1 Å². The van der Waals surface area contributed by atoms with E-state index >= 15 is 0 Å². The minimum absolute atomic E-state index is 0.0187. The summed E-state index contributed by atoms with van der Waals surface area (Å²) in [7, 11) is 0. The van der Waals surface area contributed by atoms with Crippen molar-refractivity contribution in [2.75, 3.05) is 19.6 Å². The Kier molecular flexibility index (Phi) is 5.33. The minimum atomic E-state index is -0.673. The Morgan fingerprint density at radius 2 is 2.14 bits per heavy atom. The van der Waals surface area contributed by atoms with Crippen LogP contribution in [0.2, 0.25) is 0 Å². The van der Waals surface area contributed by atoms with Gasteiger partial charge in [0.25, 0.3) is 0 Å². The van der Waals surface area contributed by atoms with Crippen LogP contribution in [0.3, 0.4) is 0 Å². The molecule has 1 saturated heterocycles. The van der Waals surface area contributed by atoms with Gasteiger partial charge in [-0.25, -0.2) is 0 Å². The number of hydrogen-bond acceptors (Lipinski definition) is 5. The number of likely N-dealkylation sites (tertiary alicyclic amines) is 1. The van der Waals surface area contributed by atoms with Crippen molar-refractivity contribution in [1.29, 1.82) is 0 Å². The lowest BCUT2D eigenvalue weighted by Crippen LogP contribution is -2.44. The van der Waals surface area contributed by atoms with E-state index in [4.69, 9.17) is 4.74 Å². The van der Waals surface area contributed by atoms with Crippen LogP contribution in [0, 0.1) is 0 Å². The van der Waals surface area contributed by atoms with Gasteiger partial charge < -0.3 is 15.0 Å². The molecule has 1 aromatic heterocycles. The standard InChI is InChI=1S/C21H24N4O4/c26-17-11-21(29-18-4-2-1-3-16(17)18)7-5-20(28)25(10-8-21)14-19(27)22-9-6-15-12-23-24-13-15/h1-4,12-13H,5-11,14H2,(H,22,27)(H,23,24). The number of ketones is 1. The molecule has 2 N–H and O–H groups in total. The molecule has 1 spiro atoms. The Bertz CT molecular complexity index is 911. The number of carbonyl (C=O) groups is 3. The van der Waals surface area contributed by atoms with Gasteiger partial charge in [0.15, 0.2) is 5.78 Å². The zero-order valence-electron chi connectivity index (χ0n) is 16.1. The van der Waals surface area contributed by atoms with Gasteiger partial charge in [0.05, 0.1) is 24.7 Å². The van der Waals surface area contributed by atoms with Crippen LogP contribution in [0.4, 0.5) is 0 Å². The molecule has 0 saturated carbocycles. The fraction of sp³-hybridized carbons (Fsp3) is 0.429. The molecular weight excluding hydrogens is 372 g/mol. The normalized spacial score (nSPS) is 21.4. The van der Waals surface area contributed by atoms with E-state index in [9.17, 15) is 14.4 Å². The van der Waals surface area contributed by atoms with Crippen molar-refractivity contribution in [2.45, 2.75) is 37.7 Å². The van der Waals surface area contributed by atoms with Gasteiger partial charge in [0.1, 0.15) is 11.4 Å². The molecule has 2 aliphatic heterocycles. The van der Waals surface area contributed by atoms with Crippen molar-refractivity contribution in [1.82, 2.24) is 20.4 Å². The van der Waals surface area contributed by atoms with E-state index in [0.717, 1.165) is 5.56 Å². The summed E-state index contributed by atoms with van der Waals surface area (Å²) >= 11 is 0.